The summed E-state index contributed by atoms with van der Waals surface area (Å²) in [5.74, 6) is 1.30. The van der Waals surface area contributed by atoms with Crippen molar-refractivity contribution in [1.29, 1.82) is 0 Å². The zero-order valence-electron chi connectivity index (χ0n) is 21.0. The maximum Gasteiger partial charge on any atom is 0.273 e. The van der Waals surface area contributed by atoms with Crippen LogP contribution in [0.15, 0.2) is 30.3 Å². The van der Waals surface area contributed by atoms with E-state index in [9.17, 15) is 9.90 Å². The van der Waals surface area contributed by atoms with Gasteiger partial charge in [-0.3, -0.25) is 9.89 Å². The predicted octanol–water partition coefficient (Wildman–Crippen LogP) is 4.78. The number of amides is 1. The van der Waals surface area contributed by atoms with Crippen molar-refractivity contribution < 1.29 is 24.1 Å². The summed E-state index contributed by atoms with van der Waals surface area (Å²) in [6.45, 7) is 9.79. The second-order valence-corrected chi connectivity index (χ2v) is 8.66. The Hall–Kier alpha value is -3.52. The fraction of sp³-hybridized carbons (Fsp3) is 0.407. The van der Waals surface area contributed by atoms with Gasteiger partial charge >= 0.3 is 0 Å². The van der Waals surface area contributed by atoms with E-state index in [1.807, 2.05) is 56.9 Å². The summed E-state index contributed by atoms with van der Waals surface area (Å²) >= 11 is 0. The molecule has 0 spiro atoms. The Morgan fingerprint density at radius 1 is 1.09 bits per heavy atom. The molecule has 2 aromatic carbocycles. The zero-order chi connectivity index (χ0) is 25.1. The molecular formula is C27H33N3O5. The van der Waals surface area contributed by atoms with Crippen molar-refractivity contribution in [3.8, 4) is 28.5 Å². The molecule has 1 amide bonds. The van der Waals surface area contributed by atoms with Crippen molar-refractivity contribution in [2.75, 3.05) is 33.5 Å². The van der Waals surface area contributed by atoms with E-state index in [1.54, 1.807) is 13.2 Å². The largest absolute Gasteiger partial charge is 0.507 e. The molecule has 0 fully saturated rings. The summed E-state index contributed by atoms with van der Waals surface area (Å²) in [7, 11) is 1.65. The molecule has 0 saturated heterocycles. The van der Waals surface area contributed by atoms with Crippen LogP contribution in [-0.4, -0.2) is 59.6 Å². The lowest BCUT2D eigenvalue weighted by Gasteiger charge is -2.27. The zero-order valence-corrected chi connectivity index (χ0v) is 21.0. The molecule has 1 atom stereocenters. The maximum atomic E-state index is 13.5. The number of ether oxygens (including phenoxy) is 3. The average molecular weight is 480 g/mol. The summed E-state index contributed by atoms with van der Waals surface area (Å²) in [4.78, 5) is 15.3. The molecule has 1 aliphatic rings. The topological polar surface area (TPSA) is 96.9 Å². The summed E-state index contributed by atoms with van der Waals surface area (Å²) in [6.07, 6.45) is 0.690. The van der Waals surface area contributed by atoms with Crippen molar-refractivity contribution in [1.82, 2.24) is 15.1 Å². The number of nitrogens with zero attached hydrogens (tertiary/aromatic N) is 2. The van der Waals surface area contributed by atoms with Gasteiger partial charge in [-0.2, -0.15) is 5.10 Å². The number of methoxy groups -OCH3 is 1. The maximum absolute atomic E-state index is 13.5. The van der Waals surface area contributed by atoms with Gasteiger partial charge in [-0.15, -0.1) is 0 Å². The number of hydrogen-bond donors (Lipinski definition) is 2. The van der Waals surface area contributed by atoms with Crippen LogP contribution in [0.4, 0.5) is 0 Å². The van der Waals surface area contributed by atoms with Crippen LogP contribution in [0.2, 0.25) is 0 Å². The van der Waals surface area contributed by atoms with Gasteiger partial charge in [0.05, 0.1) is 19.3 Å². The Labute approximate surface area is 205 Å². The van der Waals surface area contributed by atoms with E-state index in [4.69, 9.17) is 14.2 Å². The van der Waals surface area contributed by atoms with Gasteiger partial charge in [0.25, 0.3) is 5.91 Å². The number of aryl methyl sites for hydroxylation is 2. The number of phenols is 1. The quantitative estimate of drug-likeness (QED) is 0.406. The molecule has 1 aromatic heterocycles. The van der Waals surface area contributed by atoms with Crippen molar-refractivity contribution >= 4 is 5.91 Å². The van der Waals surface area contributed by atoms with Gasteiger partial charge in [-0.1, -0.05) is 12.1 Å². The number of hydrogen-bond acceptors (Lipinski definition) is 6. The van der Waals surface area contributed by atoms with Crippen LogP contribution in [-0.2, 0) is 4.74 Å². The first-order valence-corrected chi connectivity index (χ1v) is 12.0. The minimum atomic E-state index is -0.405. The SMILES string of the molecule is CCOc1ccc(C2c3c(-c4c(C)cc(C)cc4O)n[nH]c3C(=O)N2CCCOC)cc1OCC. The lowest BCUT2D eigenvalue weighted by molar-refractivity contribution is 0.0723. The van der Waals surface area contributed by atoms with E-state index >= 15 is 0 Å². The molecule has 186 valence electrons. The van der Waals surface area contributed by atoms with Gasteiger partial charge in [0.15, 0.2) is 11.5 Å². The van der Waals surface area contributed by atoms with Crippen LogP contribution >= 0.6 is 0 Å². The molecule has 0 radical (unpaired) electrons. The van der Waals surface area contributed by atoms with Crippen molar-refractivity contribution in [3.63, 3.8) is 0 Å². The van der Waals surface area contributed by atoms with Crippen LogP contribution in [0.1, 0.15) is 59.1 Å². The number of rotatable bonds is 10. The molecule has 8 heteroatoms. The lowest BCUT2D eigenvalue weighted by atomic mass is 9.93. The van der Waals surface area contributed by atoms with Gasteiger partial charge < -0.3 is 24.2 Å². The van der Waals surface area contributed by atoms with Crippen LogP contribution in [0.5, 0.6) is 17.2 Å². The normalized spacial score (nSPS) is 14.9. The molecule has 1 aliphatic heterocycles. The average Bonchev–Trinajstić information content (AvgIpc) is 3.34. The number of nitrogens with one attached hydrogen (secondary N) is 1. The first-order valence-electron chi connectivity index (χ1n) is 12.0. The number of carbonyl (C=O) groups is 1. The molecule has 4 rings (SSSR count). The van der Waals surface area contributed by atoms with E-state index in [0.29, 0.717) is 61.2 Å². The first-order chi connectivity index (χ1) is 16.9. The fourth-order valence-corrected chi connectivity index (χ4v) is 4.83. The van der Waals surface area contributed by atoms with Crippen LogP contribution < -0.4 is 9.47 Å². The highest BCUT2D eigenvalue weighted by molar-refractivity contribution is 6.00. The Bertz CT molecular complexity index is 1200. The summed E-state index contributed by atoms with van der Waals surface area (Å²) in [6, 6.07) is 9.09. The van der Waals surface area contributed by atoms with Gasteiger partial charge in [0, 0.05) is 31.4 Å². The van der Waals surface area contributed by atoms with E-state index in [1.165, 1.54) is 0 Å². The molecule has 35 heavy (non-hydrogen) atoms. The molecule has 1 unspecified atom stereocenters. The van der Waals surface area contributed by atoms with Crippen molar-refractivity contribution in [2.45, 2.75) is 40.2 Å². The highest BCUT2D eigenvalue weighted by Gasteiger charge is 2.42. The smallest absolute Gasteiger partial charge is 0.273 e. The number of aromatic hydroxyl groups is 1. The molecular weight excluding hydrogens is 446 g/mol. The van der Waals surface area contributed by atoms with E-state index in [0.717, 1.165) is 22.3 Å². The van der Waals surface area contributed by atoms with E-state index < -0.39 is 6.04 Å². The van der Waals surface area contributed by atoms with Gasteiger partial charge in [0.2, 0.25) is 0 Å². The summed E-state index contributed by atoms with van der Waals surface area (Å²) < 4.78 is 16.9. The number of fused-ring (bicyclic) bond motifs is 1. The van der Waals surface area contributed by atoms with Crippen LogP contribution in [0, 0.1) is 13.8 Å². The Kier molecular flexibility index (Phi) is 7.31. The molecule has 2 heterocycles. The van der Waals surface area contributed by atoms with E-state index in [2.05, 4.69) is 10.2 Å². The number of aromatic nitrogens is 2. The number of carbonyl (C=O) groups excluding carboxylic acids is 1. The van der Waals surface area contributed by atoms with Gasteiger partial charge in [0.1, 0.15) is 17.1 Å². The molecule has 2 N–H and O–H groups in total. The van der Waals surface area contributed by atoms with E-state index in [-0.39, 0.29) is 11.7 Å². The lowest BCUT2D eigenvalue weighted by Crippen LogP contribution is -2.31. The number of benzene rings is 2. The van der Waals surface area contributed by atoms with Crippen molar-refractivity contribution in [3.05, 3.63) is 58.3 Å². The Morgan fingerprint density at radius 2 is 1.83 bits per heavy atom. The van der Waals surface area contributed by atoms with Crippen molar-refractivity contribution in [2.24, 2.45) is 0 Å². The van der Waals surface area contributed by atoms with Crippen LogP contribution in [0.25, 0.3) is 11.3 Å². The second kappa shape index (κ2) is 10.4. The number of aromatic amines is 1. The molecule has 0 bridgehead atoms. The third-order valence-electron chi connectivity index (χ3n) is 6.19. The fourth-order valence-electron chi connectivity index (χ4n) is 4.83. The van der Waals surface area contributed by atoms with Crippen LogP contribution in [0.3, 0.4) is 0 Å². The molecule has 8 nitrogen and oxygen atoms in total. The standard InChI is InChI=1S/C27H33N3O5/c1-6-34-20-10-9-18(15-21(20)35-7-2)26-23-24(22-17(4)13-16(3)14-19(22)31)28-29-25(23)27(32)30(26)11-8-12-33-5/h9-10,13-15,26,31H,6-8,11-12H2,1-5H3,(H,28,29). The first kappa shape index (κ1) is 24.6. The molecule has 3 aromatic rings. The Morgan fingerprint density at radius 3 is 2.51 bits per heavy atom. The molecule has 0 saturated carbocycles. The second-order valence-electron chi connectivity index (χ2n) is 8.66. The highest BCUT2D eigenvalue weighted by atomic mass is 16.5. The summed E-state index contributed by atoms with van der Waals surface area (Å²) in [5.41, 5.74) is 5.12. The minimum Gasteiger partial charge on any atom is -0.507 e. The molecule has 0 aliphatic carbocycles. The third kappa shape index (κ3) is 4.58. The predicted molar refractivity (Wildman–Crippen MR) is 133 cm³/mol. The third-order valence-corrected chi connectivity index (χ3v) is 6.19. The minimum absolute atomic E-state index is 0.129. The highest BCUT2D eigenvalue weighted by Crippen LogP contribution is 2.46. The monoisotopic (exact) mass is 479 g/mol. The Balaban J connectivity index is 1.88. The van der Waals surface area contributed by atoms with Gasteiger partial charge in [-0.05, 0) is 69.0 Å². The van der Waals surface area contributed by atoms with Gasteiger partial charge in [-0.25, -0.2) is 0 Å². The number of phenolic OH excluding ortho intramolecular Hbond substituents is 1. The summed E-state index contributed by atoms with van der Waals surface area (Å²) in [5, 5.41) is 18.3. The number of H-pyrrole nitrogens is 1.